The van der Waals surface area contributed by atoms with Crippen LogP contribution < -0.4 is 9.62 Å². The molecule has 5 nitrogen and oxygen atoms in total. The molecule has 0 saturated heterocycles. The molecular weight excluding hydrogens is 360 g/mol. The van der Waals surface area contributed by atoms with Crippen LogP contribution in [0.2, 0.25) is 0 Å². The maximum Gasteiger partial charge on any atom is 0.245 e. The summed E-state index contributed by atoms with van der Waals surface area (Å²) >= 11 is 0. The molecule has 27 heavy (non-hydrogen) atoms. The number of fused-ring (bicyclic) bond motifs is 1. The van der Waals surface area contributed by atoms with Crippen LogP contribution in [-0.4, -0.2) is 27.1 Å². The Hall–Kier alpha value is -2.86. The number of amides is 1. The summed E-state index contributed by atoms with van der Waals surface area (Å²) in [6, 6.07) is 20.6. The van der Waals surface area contributed by atoms with Gasteiger partial charge in [-0.15, -0.1) is 0 Å². The van der Waals surface area contributed by atoms with Gasteiger partial charge in [-0.25, -0.2) is 8.42 Å². The standard InChI is InChI=1S/C21H22N2O3S/c1-3-16-8-12-20(13-9-16)23(27(2,25)26)15-21(24)22-19-11-10-17-6-4-5-7-18(17)14-19/h4-14H,3,15H2,1-2H3,(H,22,24). The highest BCUT2D eigenvalue weighted by Crippen LogP contribution is 2.21. The normalized spacial score (nSPS) is 11.3. The zero-order chi connectivity index (χ0) is 19.4. The van der Waals surface area contributed by atoms with E-state index in [-0.39, 0.29) is 6.54 Å². The number of nitrogens with zero attached hydrogens (tertiary/aromatic N) is 1. The third-order valence-electron chi connectivity index (χ3n) is 4.35. The monoisotopic (exact) mass is 382 g/mol. The van der Waals surface area contributed by atoms with Crippen molar-refractivity contribution in [2.75, 3.05) is 22.4 Å². The van der Waals surface area contributed by atoms with Gasteiger partial charge in [-0.05, 0) is 47.0 Å². The molecule has 0 atom stereocenters. The first-order chi connectivity index (χ1) is 12.9. The Morgan fingerprint density at radius 3 is 2.26 bits per heavy atom. The van der Waals surface area contributed by atoms with Gasteiger partial charge in [0.15, 0.2) is 0 Å². The largest absolute Gasteiger partial charge is 0.324 e. The fraction of sp³-hybridized carbons (Fsp3) is 0.190. The molecule has 0 unspecified atom stereocenters. The molecule has 0 aromatic heterocycles. The summed E-state index contributed by atoms with van der Waals surface area (Å²) in [7, 11) is -3.59. The molecule has 0 spiro atoms. The highest BCUT2D eigenvalue weighted by atomic mass is 32.2. The van der Waals surface area contributed by atoms with E-state index in [0.29, 0.717) is 11.4 Å². The first-order valence-corrected chi connectivity index (χ1v) is 10.6. The summed E-state index contributed by atoms with van der Waals surface area (Å²) in [6.07, 6.45) is 1.96. The van der Waals surface area contributed by atoms with Crippen molar-refractivity contribution in [1.29, 1.82) is 0 Å². The Balaban J connectivity index is 1.79. The van der Waals surface area contributed by atoms with E-state index in [4.69, 9.17) is 0 Å². The van der Waals surface area contributed by atoms with Gasteiger partial charge in [-0.1, -0.05) is 49.4 Å². The van der Waals surface area contributed by atoms with Crippen LogP contribution in [0.3, 0.4) is 0 Å². The van der Waals surface area contributed by atoms with E-state index >= 15 is 0 Å². The second-order valence-electron chi connectivity index (χ2n) is 6.40. The first-order valence-electron chi connectivity index (χ1n) is 8.72. The van der Waals surface area contributed by atoms with Crippen molar-refractivity contribution < 1.29 is 13.2 Å². The SMILES string of the molecule is CCc1ccc(N(CC(=O)Nc2ccc3ccccc3c2)S(C)(=O)=O)cc1. The van der Waals surface area contributed by atoms with Crippen molar-refractivity contribution in [3.63, 3.8) is 0 Å². The molecule has 1 N–H and O–H groups in total. The quantitative estimate of drug-likeness (QED) is 0.705. The molecule has 3 aromatic rings. The number of benzene rings is 3. The molecule has 0 aliphatic rings. The Morgan fingerprint density at radius 1 is 0.963 bits per heavy atom. The zero-order valence-electron chi connectivity index (χ0n) is 15.3. The predicted molar refractivity (Wildman–Crippen MR) is 111 cm³/mol. The summed E-state index contributed by atoms with van der Waals surface area (Å²) in [5.41, 5.74) is 2.21. The third-order valence-corrected chi connectivity index (χ3v) is 5.49. The summed E-state index contributed by atoms with van der Waals surface area (Å²) in [6.45, 7) is 1.75. The van der Waals surface area contributed by atoms with Crippen molar-refractivity contribution in [3.05, 3.63) is 72.3 Å². The minimum Gasteiger partial charge on any atom is -0.324 e. The van der Waals surface area contributed by atoms with Gasteiger partial charge in [0.25, 0.3) is 0 Å². The second kappa shape index (κ2) is 7.80. The van der Waals surface area contributed by atoms with Gasteiger partial charge in [-0.3, -0.25) is 9.10 Å². The lowest BCUT2D eigenvalue weighted by Crippen LogP contribution is -2.37. The smallest absolute Gasteiger partial charge is 0.245 e. The average Bonchev–Trinajstić information content (AvgIpc) is 2.65. The maximum absolute atomic E-state index is 12.5. The number of rotatable bonds is 6. The number of aryl methyl sites for hydroxylation is 1. The average molecular weight is 382 g/mol. The molecule has 1 amide bonds. The van der Waals surface area contributed by atoms with Crippen LogP contribution in [-0.2, 0) is 21.2 Å². The van der Waals surface area contributed by atoms with Gasteiger partial charge < -0.3 is 5.32 Å². The zero-order valence-corrected chi connectivity index (χ0v) is 16.2. The highest BCUT2D eigenvalue weighted by Gasteiger charge is 2.21. The molecule has 0 radical (unpaired) electrons. The summed E-state index contributed by atoms with van der Waals surface area (Å²) in [5.74, 6) is -0.393. The summed E-state index contributed by atoms with van der Waals surface area (Å²) in [5, 5.41) is 4.86. The van der Waals surface area contributed by atoms with Gasteiger partial charge in [-0.2, -0.15) is 0 Å². The number of nitrogens with one attached hydrogen (secondary N) is 1. The van der Waals surface area contributed by atoms with Crippen molar-refractivity contribution in [1.82, 2.24) is 0 Å². The van der Waals surface area contributed by atoms with E-state index in [2.05, 4.69) is 5.32 Å². The van der Waals surface area contributed by atoms with Gasteiger partial charge in [0.2, 0.25) is 15.9 Å². The number of anilines is 2. The van der Waals surface area contributed by atoms with Crippen molar-refractivity contribution in [3.8, 4) is 0 Å². The molecule has 3 aromatic carbocycles. The Kier molecular flexibility index (Phi) is 5.46. The van der Waals surface area contributed by atoms with Gasteiger partial charge in [0.1, 0.15) is 6.54 Å². The lowest BCUT2D eigenvalue weighted by Gasteiger charge is -2.22. The first kappa shape index (κ1) is 18.9. The molecule has 0 aliphatic heterocycles. The number of hydrogen-bond donors (Lipinski definition) is 1. The van der Waals surface area contributed by atoms with Gasteiger partial charge >= 0.3 is 0 Å². The number of carbonyl (C=O) groups excluding carboxylic acids is 1. The Labute approximate surface area is 159 Å². The van der Waals surface area contributed by atoms with E-state index in [0.717, 1.165) is 33.3 Å². The molecule has 0 fully saturated rings. The molecule has 3 rings (SSSR count). The van der Waals surface area contributed by atoms with E-state index in [9.17, 15) is 13.2 Å². The minimum absolute atomic E-state index is 0.281. The third kappa shape index (κ3) is 4.65. The molecular formula is C21H22N2O3S. The second-order valence-corrected chi connectivity index (χ2v) is 8.31. The Bertz CT molecular complexity index is 1060. The molecule has 0 bridgehead atoms. The number of sulfonamides is 1. The fourth-order valence-electron chi connectivity index (χ4n) is 2.90. The van der Waals surface area contributed by atoms with Crippen molar-refractivity contribution in [2.45, 2.75) is 13.3 Å². The van der Waals surface area contributed by atoms with E-state index in [1.807, 2.05) is 55.5 Å². The lowest BCUT2D eigenvalue weighted by atomic mass is 10.1. The molecule has 0 aliphatic carbocycles. The molecule has 6 heteroatoms. The maximum atomic E-state index is 12.5. The van der Waals surface area contributed by atoms with Crippen LogP contribution in [0.4, 0.5) is 11.4 Å². The topological polar surface area (TPSA) is 66.5 Å². The van der Waals surface area contributed by atoms with Crippen LogP contribution in [0.5, 0.6) is 0 Å². The predicted octanol–water partition coefficient (Wildman–Crippen LogP) is 3.81. The lowest BCUT2D eigenvalue weighted by molar-refractivity contribution is -0.114. The summed E-state index contributed by atoms with van der Waals surface area (Å²) < 4.78 is 25.5. The Morgan fingerprint density at radius 2 is 1.63 bits per heavy atom. The van der Waals surface area contributed by atoms with Crippen LogP contribution >= 0.6 is 0 Å². The van der Waals surface area contributed by atoms with Crippen LogP contribution in [0.15, 0.2) is 66.7 Å². The van der Waals surface area contributed by atoms with Crippen molar-refractivity contribution >= 4 is 38.1 Å². The number of carbonyl (C=O) groups is 1. The highest BCUT2D eigenvalue weighted by molar-refractivity contribution is 7.92. The van der Waals surface area contributed by atoms with Crippen LogP contribution in [0, 0.1) is 0 Å². The fourth-order valence-corrected chi connectivity index (χ4v) is 3.75. The van der Waals surface area contributed by atoms with Crippen molar-refractivity contribution in [2.24, 2.45) is 0 Å². The molecule has 0 saturated carbocycles. The molecule has 0 heterocycles. The minimum atomic E-state index is -3.59. The number of hydrogen-bond acceptors (Lipinski definition) is 3. The summed E-state index contributed by atoms with van der Waals surface area (Å²) in [4.78, 5) is 12.5. The van der Waals surface area contributed by atoms with Gasteiger partial charge in [0.05, 0.1) is 11.9 Å². The molecule has 140 valence electrons. The van der Waals surface area contributed by atoms with E-state index < -0.39 is 15.9 Å². The van der Waals surface area contributed by atoms with Gasteiger partial charge in [0, 0.05) is 5.69 Å². The van der Waals surface area contributed by atoms with E-state index in [1.165, 1.54) is 0 Å². The van der Waals surface area contributed by atoms with Crippen LogP contribution in [0.1, 0.15) is 12.5 Å². The van der Waals surface area contributed by atoms with Crippen LogP contribution in [0.25, 0.3) is 10.8 Å². The van der Waals surface area contributed by atoms with E-state index in [1.54, 1.807) is 18.2 Å².